The molecule has 1 aromatic carbocycles. The Bertz CT molecular complexity index is 646. The number of para-hydroxylation sites is 1. The first kappa shape index (κ1) is 18.8. The summed E-state index contributed by atoms with van der Waals surface area (Å²) < 4.78 is 34.8. The van der Waals surface area contributed by atoms with Gasteiger partial charge in [0.25, 0.3) is 0 Å². The van der Waals surface area contributed by atoms with Crippen LogP contribution in [-0.4, -0.2) is 25.7 Å². The van der Waals surface area contributed by atoms with Crippen molar-refractivity contribution in [3.05, 3.63) is 54.0 Å². The van der Waals surface area contributed by atoms with Crippen LogP contribution < -0.4 is 15.4 Å². The van der Waals surface area contributed by atoms with Crippen LogP contribution in [0.4, 0.5) is 8.78 Å². The van der Waals surface area contributed by atoms with Gasteiger partial charge in [0.05, 0.1) is 12.8 Å². The number of benzene rings is 1. The van der Waals surface area contributed by atoms with E-state index in [0.717, 1.165) is 25.1 Å². The number of nitrogens with one attached hydrogen (secondary N) is 2. The zero-order valence-electron chi connectivity index (χ0n) is 14.2. The van der Waals surface area contributed by atoms with Crippen molar-refractivity contribution >= 4 is 5.96 Å². The van der Waals surface area contributed by atoms with Gasteiger partial charge < -0.3 is 19.8 Å². The van der Waals surface area contributed by atoms with E-state index in [1.165, 1.54) is 6.07 Å². The summed E-state index contributed by atoms with van der Waals surface area (Å²) in [6, 6.07) is 10.4. The van der Waals surface area contributed by atoms with Crippen LogP contribution in [0.5, 0.6) is 5.75 Å². The van der Waals surface area contributed by atoms with Gasteiger partial charge in [0.2, 0.25) is 0 Å². The van der Waals surface area contributed by atoms with Crippen LogP contribution in [0.15, 0.2) is 52.1 Å². The summed E-state index contributed by atoms with van der Waals surface area (Å²) in [5.74, 6) is 1.66. The molecule has 1 heterocycles. The lowest BCUT2D eigenvalue weighted by molar-refractivity contribution is -0.0504. The van der Waals surface area contributed by atoms with Gasteiger partial charge in [0.1, 0.15) is 11.5 Å². The third-order valence-electron chi connectivity index (χ3n) is 3.38. The average Bonchev–Trinajstić information content (AvgIpc) is 3.11. The molecule has 0 fully saturated rings. The van der Waals surface area contributed by atoms with Crippen molar-refractivity contribution in [3.8, 4) is 5.75 Å². The Balaban J connectivity index is 1.96. The van der Waals surface area contributed by atoms with Crippen molar-refractivity contribution in [2.24, 2.45) is 4.99 Å². The molecule has 0 radical (unpaired) electrons. The van der Waals surface area contributed by atoms with E-state index in [9.17, 15) is 8.78 Å². The van der Waals surface area contributed by atoms with Gasteiger partial charge in [-0.05, 0) is 24.6 Å². The highest BCUT2D eigenvalue weighted by atomic mass is 19.3. The molecule has 2 rings (SSSR count). The molecule has 7 heteroatoms. The SMILES string of the molecule is CCCNC(=NCc1ccccc1OC(F)F)NCCc1ccco1. The summed E-state index contributed by atoms with van der Waals surface area (Å²) in [6.07, 6.45) is 3.31. The van der Waals surface area contributed by atoms with Gasteiger partial charge in [0.15, 0.2) is 5.96 Å². The van der Waals surface area contributed by atoms with Gasteiger partial charge in [-0.15, -0.1) is 0 Å². The van der Waals surface area contributed by atoms with Crippen molar-refractivity contribution in [1.82, 2.24) is 10.6 Å². The van der Waals surface area contributed by atoms with Gasteiger partial charge in [-0.2, -0.15) is 8.78 Å². The highest BCUT2D eigenvalue weighted by Crippen LogP contribution is 2.20. The average molecular weight is 351 g/mol. The summed E-state index contributed by atoms with van der Waals surface area (Å²) >= 11 is 0. The van der Waals surface area contributed by atoms with E-state index in [2.05, 4.69) is 27.3 Å². The van der Waals surface area contributed by atoms with Gasteiger partial charge in [-0.1, -0.05) is 25.1 Å². The molecule has 5 nitrogen and oxygen atoms in total. The number of alkyl halides is 2. The number of hydrogen-bond acceptors (Lipinski definition) is 3. The van der Waals surface area contributed by atoms with E-state index >= 15 is 0 Å². The van der Waals surface area contributed by atoms with E-state index in [1.54, 1.807) is 24.5 Å². The number of rotatable bonds is 9. The van der Waals surface area contributed by atoms with Crippen molar-refractivity contribution in [2.75, 3.05) is 13.1 Å². The zero-order valence-corrected chi connectivity index (χ0v) is 14.2. The molecule has 0 saturated carbocycles. The lowest BCUT2D eigenvalue weighted by Gasteiger charge is -2.13. The molecule has 0 amide bonds. The van der Waals surface area contributed by atoms with E-state index < -0.39 is 6.61 Å². The summed E-state index contributed by atoms with van der Waals surface area (Å²) in [5, 5.41) is 6.41. The van der Waals surface area contributed by atoms with Crippen molar-refractivity contribution in [3.63, 3.8) is 0 Å². The minimum Gasteiger partial charge on any atom is -0.469 e. The Hall–Kier alpha value is -2.57. The Morgan fingerprint density at radius 1 is 1.16 bits per heavy atom. The maximum absolute atomic E-state index is 12.5. The predicted octanol–water partition coefficient (Wildman–Crippen LogP) is 3.57. The smallest absolute Gasteiger partial charge is 0.387 e. The Morgan fingerprint density at radius 3 is 2.68 bits per heavy atom. The third kappa shape index (κ3) is 6.82. The highest BCUT2D eigenvalue weighted by Gasteiger charge is 2.09. The van der Waals surface area contributed by atoms with Gasteiger partial charge in [-0.25, -0.2) is 4.99 Å². The Morgan fingerprint density at radius 2 is 1.96 bits per heavy atom. The second kappa shape index (κ2) is 10.3. The van der Waals surface area contributed by atoms with Crippen molar-refractivity contribution in [1.29, 1.82) is 0 Å². The third-order valence-corrected chi connectivity index (χ3v) is 3.38. The molecule has 0 aliphatic rings. The molecule has 2 N–H and O–H groups in total. The van der Waals surface area contributed by atoms with Crippen LogP contribution in [0.25, 0.3) is 0 Å². The van der Waals surface area contributed by atoms with Crippen LogP contribution in [-0.2, 0) is 13.0 Å². The van der Waals surface area contributed by atoms with E-state index in [-0.39, 0.29) is 12.3 Å². The zero-order chi connectivity index (χ0) is 17.9. The number of nitrogens with zero attached hydrogens (tertiary/aromatic N) is 1. The van der Waals surface area contributed by atoms with Crippen LogP contribution in [0.2, 0.25) is 0 Å². The first-order valence-corrected chi connectivity index (χ1v) is 8.26. The molecule has 25 heavy (non-hydrogen) atoms. The van der Waals surface area contributed by atoms with Crippen LogP contribution in [0.1, 0.15) is 24.7 Å². The topological polar surface area (TPSA) is 58.8 Å². The number of furan rings is 1. The molecule has 1 aromatic heterocycles. The Labute approximate surface area is 146 Å². The van der Waals surface area contributed by atoms with E-state index in [4.69, 9.17) is 4.42 Å². The van der Waals surface area contributed by atoms with Crippen molar-refractivity contribution in [2.45, 2.75) is 32.9 Å². The number of guanidine groups is 1. The second-order valence-corrected chi connectivity index (χ2v) is 5.33. The van der Waals surface area contributed by atoms with Gasteiger partial charge >= 0.3 is 6.61 Å². The standard InChI is InChI=1S/C18H23F2N3O2/c1-2-10-21-18(22-11-9-15-7-5-12-24-15)23-13-14-6-3-4-8-16(14)25-17(19)20/h3-8,12,17H,2,9-11,13H2,1H3,(H2,21,22,23). The Kier molecular flexibility index (Phi) is 7.75. The lowest BCUT2D eigenvalue weighted by atomic mass is 10.2. The van der Waals surface area contributed by atoms with E-state index in [1.807, 2.05) is 12.1 Å². The summed E-state index contributed by atoms with van der Waals surface area (Å²) in [5.41, 5.74) is 0.603. The fourth-order valence-corrected chi connectivity index (χ4v) is 2.19. The number of hydrogen-bond donors (Lipinski definition) is 2. The first-order chi connectivity index (χ1) is 12.2. The minimum atomic E-state index is -2.85. The molecule has 0 aliphatic heterocycles. The lowest BCUT2D eigenvalue weighted by Crippen LogP contribution is -2.38. The van der Waals surface area contributed by atoms with Gasteiger partial charge in [0, 0.05) is 25.1 Å². The summed E-state index contributed by atoms with van der Waals surface area (Å²) in [6.45, 7) is 0.858. The predicted molar refractivity (Wildman–Crippen MR) is 92.9 cm³/mol. The number of halogens is 2. The summed E-state index contributed by atoms with van der Waals surface area (Å²) in [4.78, 5) is 4.46. The monoisotopic (exact) mass is 351 g/mol. The molecular weight excluding hydrogens is 328 g/mol. The molecule has 0 aliphatic carbocycles. The highest BCUT2D eigenvalue weighted by molar-refractivity contribution is 5.79. The quantitative estimate of drug-likeness (QED) is 0.536. The first-order valence-electron chi connectivity index (χ1n) is 8.26. The molecule has 2 aromatic rings. The van der Waals surface area contributed by atoms with Crippen molar-refractivity contribution < 1.29 is 17.9 Å². The van der Waals surface area contributed by atoms with Crippen LogP contribution >= 0.6 is 0 Å². The number of ether oxygens (including phenoxy) is 1. The molecule has 0 saturated heterocycles. The maximum atomic E-state index is 12.5. The van der Waals surface area contributed by atoms with Gasteiger partial charge in [-0.3, -0.25) is 0 Å². The largest absolute Gasteiger partial charge is 0.469 e. The molecule has 0 spiro atoms. The molecule has 136 valence electrons. The minimum absolute atomic E-state index is 0.145. The van der Waals surface area contributed by atoms with Crippen LogP contribution in [0, 0.1) is 0 Å². The molecular formula is C18H23F2N3O2. The van der Waals surface area contributed by atoms with Crippen LogP contribution in [0.3, 0.4) is 0 Å². The van der Waals surface area contributed by atoms with E-state index in [0.29, 0.717) is 18.1 Å². The maximum Gasteiger partial charge on any atom is 0.387 e. The molecule has 0 bridgehead atoms. The summed E-state index contributed by atoms with van der Waals surface area (Å²) in [7, 11) is 0. The molecule has 0 unspecified atom stereocenters. The fraction of sp³-hybridized carbons (Fsp3) is 0.389. The normalized spacial score (nSPS) is 11.6. The number of aliphatic imine (C=N–C) groups is 1. The fourth-order valence-electron chi connectivity index (χ4n) is 2.19. The second-order valence-electron chi connectivity index (χ2n) is 5.33. The molecule has 0 atom stereocenters.